The highest BCUT2D eigenvalue weighted by atomic mass is 79.9. The maximum atomic E-state index is 3.79. The third-order valence-corrected chi connectivity index (χ3v) is 9.53. The minimum absolute atomic E-state index is 0.785. The van der Waals surface area contributed by atoms with Crippen LogP contribution in [0.4, 0.5) is 0 Å². The summed E-state index contributed by atoms with van der Waals surface area (Å²) in [6, 6.07) is 61.4. The molecule has 8 rings (SSSR count). The van der Waals surface area contributed by atoms with Gasteiger partial charge in [-0.15, -0.1) is 0 Å². The zero-order valence-corrected chi connectivity index (χ0v) is 26.3. The molecule has 1 aromatic heterocycles. The molecule has 0 spiro atoms. The van der Waals surface area contributed by atoms with Gasteiger partial charge in [-0.2, -0.15) is 0 Å². The van der Waals surface area contributed by atoms with Crippen LogP contribution in [0.15, 0.2) is 174 Å². The fourth-order valence-electron chi connectivity index (χ4n) is 6.45. The van der Waals surface area contributed by atoms with Gasteiger partial charge in [0.25, 0.3) is 0 Å². The molecule has 0 radical (unpaired) electrons. The summed E-state index contributed by atoms with van der Waals surface area (Å²) < 4.78 is 3.59. The van der Waals surface area contributed by atoms with Crippen LogP contribution in [0.3, 0.4) is 0 Å². The van der Waals surface area contributed by atoms with E-state index in [9.17, 15) is 0 Å². The van der Waals surface area contributed by atoms with Gasteiger partial charge in [-0.1, -0.05) is 143 Å². The summed E-state index contributed by atoms with van der Waals surface area (Å²) in [6.07, 6.45) is 0. The highest BCUT2D eigenvalue weighted by molar-refractivity contribution is 9.10. The Morgan fingerprint density at radius 1 is 0.356 bits per heavy atom. The number of rotatable bonds is 6. The summed E-state index contributed by atoms with van der Waals surface area (Å²) in [6.45, 7) is 0.785. The summed E-state index contributed by atoms with van der Waals surface area (Å²) in [5.74, 6) is 0. The van der Waals surface area contributed by atoms with E-state index in [1.807, 2.05) is 0 Å². The average molecular weight is 641 g/mol. The first-order chi connectivity index (χ1) is 22.2. The molecule has 0 aliphatic carbocycles. The fourth-order valence-corrected chi connectivity index (χ4v) is 6.86. The van der Waals surface area contributed by atoms with Gasteiger partial charge in [-0.05, 0) is 92.5 Å². The van der Waals surface area contributed by atoms with Gasteiger partial charge in [0.05, 0.1) is 0 Å². The Balaban J connectivity index is 1.29. The Morgan fingerprint density at radius 2 is 0.756 bits per heavy atom. The van der Waals surface area contributed by atoms with Crippen LogP contribution in [-0.4, -0.2) is 4.57 Å². The van der Waals surface area contributed by atoms with E-state index in [-0.39, 0.29) is 0 Å². The zero-order chi connectivity index (χ0) is 30.2. The first kappa shape index (κ1) is 27.4. The molecule has 0 bridgehead atoms. The van der Waals surface area contributed by atoms with Crippen molar-refractivity contribution in [1.82, 2.24) is 4.57 Å². The van der Waals surface area contributed by atoms with Crippen molar-refractivity contribution in [1.29, 1.82) is 0 Å². The lowest BCUT2D eigenvalue weighted by Crippen LogP contribution is -2.00. The largest absolute Gasteiger partial charge is 0.336 e. The van der Waals surface area contributed by atoms with E-state index >= 15 is 0 Å². The van der Waals surface area contributed by atoms with Gasteiger partial charge < -0.3 is 4.57 Å². The molecule has 0 fully saturated rings. The molecule has 0 saturated carbocycles. The number of fused-ring (bicyclic) bond motifs is 3. The number of hydrogen-bond donors (Lipinski definition) is 0. The quantitative estimate of drug-likeness (QED) is 0.170. The lowest BCUT2D eigenvalue weighted by molar-refractivity contribution is 0.865. The monoisotopic (exact) mass is 639 g/mol. The van der Waals surface area contributed by atoms with Gasteiger partial charge >= 0.3 is 0 Å². The zero-order valence-electron chi connectivity index (χ0n) is 24.7. The SMILES string of the molecule is Brc1ccccc1Cn1c2ccc(-c3cccc(-c4ccccc4)c3)cc2c2cc(-c3cccc(-c4ccccc4)c3)ccc21. The molecular formula is C43H30BrN. The Hall–Kier alpha value is -5.18. The Labute approximate surface area is 272 Å². The van der Waals surface area contributed by atoms with Crippen LogP contribution in [0, 0.1) is 0 Å². The summed E-state index contributed by atoms with van der Waals surface area (Å²) in [5.41, 5.74) is 13.5. The predicted molar refractivity (Wildman–Crippen MR) is 194 cm³/mol. The van der Waals surface area contributed by atoms with Crippen LogP contribution in [0.5, 0.6) is 0 Å². The van der Waals surface area contributed by atoms with Crippen LogP contribution < -0.4 is 0 Å². The molecule has 214 valence electrons. The lowest BCUT2D eigenvalue weighted by atomic mass is 9.96. The molecule has 45 heavy (non-hydrogen) atoms. The molecule has 0 N–H and O–H groups in total. The summed E-state index contributed by atoms with van der Waals surface area (Å²) in [5, 5.41) is 2.53. The predicted octanol–water partition coefficient (Wildman–Crippen LogP) is 12.3. The van der Waals surface area contributed by atoms with Gasteiger partial charge in [0.1, 0.15) is 0 Å². The molecule has 0 amide bonds. The molecule has 1 heterocycles. The van der Waals surface area contributed by atoms with Gasteiger partial charge in [-0.25, -0.2) is 0 Å². The number of nitrogens with zero attached hydrogens (tertiary/aromatic N) is 1. The summed E-state index contributed by atoms with van der Waals surface area (Å²) in [7, 11) is 0. The summed E-state index contributed by atoms with van der Waals surface area (Å²) in [4.78, 5) is 0. The maximum Gasteiger partial charge on any atom is 0.0494 e. The summed E-state index contributed by atoms with van der Waals surface area (Å²) >= 11 is 3.79. The number of benzene rings is 7. The standard InChI is InChI=1S/C43H30BrN/c44-41-20-8-7-15-38(41)29-45-42-23-21-36(34-18-9-16-32(25-34)30-11-3-1-4-12-30)27-39(42)40-28-37(22-24-43(40)45)35-19-10-17-33(26-35)31-13-5-2-6-14-31/h1-28H,29H2. The van der Waals surface area contributed by atoms with Gasteiger partial charge in [-0.3, -0.25) is 0 Å². The Bertz CT molecular complexity index is 2160. The van der Waals surface area contributed by atoms with E-state index < -0.39 is 0 Å². The van der Waals surface area contributed by atoms with Crippen molar-refractivity contribution in [3.05, 3.63) is 180 Å². The van der Waals surface area contributed by atoms with Crippen molar-refractivity contribution >= 4 is 37.7 Å². The van der Waals surface area contributed by atoms with Crippen LogP contribution in [-0.2, 0) is 6.54 Å². The molecule has 0 atom stereocenters. The van der Waals surface area contributed by atoms with Crippen molar-refractivity contribution < 1.29 is 0 Å². The Kier molecular flexibility index (Phi) is 7.13. The molecule has 1 nitrogen and oxygen atoms in total. The number of hydrogen-bond acceptors (Lipinski definition) is 0. The van der Waals surface area contributed by atoms with Crippen LogP contribution in [0.2, 0.25) is 0 Å². The minimum atomic E-state index is 0.785. The van der Waals surface area contributed by atoms with Crippen LogP contribution >= 0.6 is 15.9 Å². The smallest absolute Gasteiger partial charge is 0.0494 e. The van der Waals surface area contributed by atoms with E-state index in [2.05, 4.69) is 190 Å². The second-order valence-electron chi connectivity index (χ2n) is 11.5. The van der Waals surface area contributed by atoms with Crippen LogP contribution in [0.1, 0.15) is 5.56 Å². The van der Waals surface area contributed by atoms with Crippen molar-refractivity contribution in [3.63, 3.8) is 0 Å². The topological polar surface area (TPSA) is 4.93 Å². The van der Waals surface area contributed by atoms with Crippen molar-refractivity contribution in [2.45, 2.75) is 6.54 Å². The van der Waals surface area contributed by atoms with Crippen molar-refractivity contribution in [2.24, 2.45) is 0 Å². The molecule has 8 aromatic rings. The lowest BCUT2D eigenvalue weighted by Gasteiger charge is -2.11. The number of halogens is 1. The van der Waals surface area contributed by atoms with E-state index in [0.717, 1.165) is 11.0 Å². The molecule has 0 unspecified atom stereocenters. The fraction of sp³-hybridized carbons (Fsp3) is 0.0233. The highest BCUT2D eigenvalue weighted by Crippen LogP contribution is 2.37. The molecular weight excluding hydrogens is 610 g/mol. The molecule has 7 aromatic carbocycles. The third-order valence-electron chi connectivity index (χ3n) is 8.76. The first-order valence-corrected chi connectivity index (χ1v) is 16.1. The molecule has 2 heteroatoms. The molecule has 0 saturated heterocycles. The van der Waals surface area contributed by atoms with Crippen LogP contribution in [0.25, 0.3) is 66.3 Å². The molecule has 0 aliphatic heterocycles. The van der Waals surface area contributed by atoms with Gasteiger partial charge in [0.15, 0.2) is 0 Å². The highest BCUT2D eigenvalue weighted by Gasteiger charge is 2.15. The van der Waals surface area contributed by atoms with Crippen molar-refractivity contribution in [3.8, 4) is 44.5 Å². The van der Waals surface area contributed by atoms with Crippen molar-refractivity contribution in [2.75, 3.05) is 0 Å². The average Bonchev–Trinajstić information content (AvgIpc) is 3.42. The van der Waals surface area contributed by atoms with E-state index in [4.69, 9.17) is 0 Å². The molecule has 0 aliphatic rings. The second-order valence-corrected chi connectivity index (χ2v) is 12.4. The first-order valence-electron chi connectivity index (χ1n) is 15.3. The van der Waals surface area contributed by atoms with E-state index in [1.165, 1.54) is 71.9 Å². The third kappa shape index (κ3) is 5.28. The van der Waals surface area contributed by atoms with E-state index in [1.54, 1.807) is 0 Å². The minimum Gasteiger partial charge on any atom is -0.336 e. The maximum absolute atomic E-state index is 3.79. The number of aromatic nitrogens is 1. The van der Waals surface area contributed by atoms with E-state index in [0.29, 0.717) is 0 Å². The normalized spacial score (nSPS) is 11.3. The van der Waals surface area contributed by atoms with Gasteiger partial charge in [0, 0.05) is 32.8 Å². The Morgan fingerprint density at radius 3 is 1.24 bits per heavy atom. The van der Waals surface area contributed by atoms with Gasteiger partial charge in [0.2, 0.25) is 0 Å². The second kappa shape index (κ2) is 11.7.